The standard InChI is InChI=1S/C23H22FN3O2/c1-15-12-19(22(28)26-14-17-4-2-16(13-25)3-5-17)8-11-21(15)27-23(29)18-6-9-20(24)10-7-18/h2-12H,13-14,25H2,1H3,(H,26,28)(H,27,29). The van der Waals surface area contributed by atoms with Crippen molar-refractivity contribution >= 4 is 17.5 Å². The molecule has 6 heteroatoms. The molecule has 0 saturated heterocycles. The Balaban J connectivity index is 1.62. The van der Waals surface area contributed by atoms with Gasteiger partial charge in [-0.2, -0.15) is 0 Å². The van der Waals surface area contributed by atoms with Gasteiger partial charge in [0.05, 0.1) is 0 Å². The van der Waals surface area contributed by atoms with Crippen LogP contribution in [0.5, 0.6) is 0 Å². The fourth-order valence-electron chi connectivity index (χ4n) is 2.82. The lowest BCUT2D eigenvalue weighted by Gasteiger charge is -2.11. The molecule has 4 N–H and O–H groups in total. The first-order valence-electron chi connectivity index (χ1n) is 9.20. The fourth-order valence-corrected chi connectivity index (χ4v) is 2.82. The molecule has 0 aliphatic heterocycles. The van der Waals surface area contributed by atoms with Crippen molar-refractivity contribution < 1.29 is 14.0 Å². The first-order chi connectivity index (χ1) is 14.0. The summed E-state index contributed by atoms with van der Waals surface area (Å²) in [7, 11) is 0. The molecule has 5 nitrogen and oxygen atoms in total. The number of halogens is 1. The molecule has 0 aliphatic rings. The predicted molar refractivity (Wildman–Crippen MR) is 111 cm³/mol. The second kappa shape index (κ2) is 9.12. The maximum atomic E-state index is 13.0. The molecule has 0 radical (unpaired) electrons. The Bertz CT molecular complexity index is 1020. The van der Waals surface area contributed by atoms with Crippen LogP contribution < -0.4 is 16.4 Å². The summed E-state index contributed by atoms with van der Waals surface area (Å²) in [5.41, 5.74) is 9.80. The molecule has 0 atom stereocenters. The van der Waals surface area contributed by atoms with Crippen LogP contribution in [-0.4, -0.2) is 11.8 Å². The molecule has 0 spiro atoms. The number of aryl methyl sites for hydroxylation is 1. The van der Waals surface area contributed by atoms with Crippen molar-refractivity contribution in [3.8, 4) is 0 Å². The zero-order chi connectivity index (χ0) is 20.8. The van der Waals surface area contributed by atoms with Crippen molar-refractivity contribution in [3.63, 3.8) is 0 Å². The summed E-state index contributed by atoms with van der Waals surface area (Å²) in [6.45, 7) is 2.70. The van der Waals surface area contributed by atoms with E-state index in [9.17, 15) is 14.0 Å². The maximum absolute atomic E-state index is 13.0. The molecule has 0 aliphatic carbocycles. The molecule has 0 aromatic heterocycles. The summed E-state index contributed by atoms with van der Waals surface area (Å²) in [4.78, 5) is 24.7. The second-order valence-electron chi connectivity index (χ2n) is 6.69. The average Bonchev–Trinajstić information content (AvgIpc) is 2.74. The minimum absolute atomic E-state index is 0.201. The van der Waals surface area contributed by atoms with Crippen molar-refractivity contribution in [2.45, 2.75) is 20.0 Å². The maximum Gasteiger partial charge on any atom is 0.255 e. The number of carbonyl (C=O) groups excluding carboxylic acids is 2. The first kappa shape index (κ1) is 20.2. The van der Waals surface area contributed by atoms with Gasteiger partial charge in [0, 0.05) is 29.9 Å². The molecule has 29 heavy (non-hydrogen) atoms. The van der Waals surface area contributed by atoms with Crippen molar-refractivity contribution in [2.24, 2.45) is 5.73 Å². The fraction of sp³-hybridized carbons (Fsp3) is 0.130. The van der Waals surface area contributed by atoms with Gasteiger partial charge in [0.15, 0.2) is 0 Å². The van der Waals surface area contributed by atoms with Gasteiger partial charge < -0.3 is 16.4 Å². The zero-order valence-corrected chi connectivity index (χ0v) is 16.0. The van der Waals surface area contributed by atoms with Crippen molar-refractivity contribution in [2.75, 3.05) is 5.32 Å². The van der Waals surface area contributed by atoms with Gasteiger partial charge in [-0.15, -0.1) is 0 Å². The third-order valence-electron chi connectivity index (χ3n) is 4.55. The molecule has 3 aromatic carbocycles. The smallest absolute Gasteiger partial charge is 0.255 e. The molecule has 0 fully saturated rings. The lowest BCUT2D eigenvalue weighted by molar-refractivity contribution is 0.0950. The number of rotatable bonds is 6. The van der Waals surface area contributed by atoms with E-state index in [2.05, 4.69) is 10.6 Å². The Morgan fingerprint density at radius 1 is 0.862 bits per heavy atom. The molecular formula is C23H22FN3O2. The summed E-state index contributed by atoms with van der Waals surface area (Å²) in [5.74, 6) is -0.943. The van der Waals surface area contributed by atoms with E-state index in [1.807, 2.05) is 31.2 Å². The highest BCUT2D eigenvalue weighted by Gasteiger charge is 2.11. The molecule has 148 valence electrons. The van der Waals surface area contributed by atoms with Crippen LogP contribution in [0.25, 0.3) is 0 Å². The van der Waals surface area contributed by atoms with Gasteiger partial charge >= 0.3 is 0 Å². The number of benzene rings is 3. The molecule has 0 bridgehead atoms. The number of nitrogens with one attached hydrogen (secondary N) is 2. The molecule has 0 saturated carbocycles. The van der Waals surface area contributed by atoms with Crippen molar-refractivity contribution in [3.05, 3.63) is 100 Å². The minimum Gasteiger partial charge on any atom is -0.348 e. The normalized spacial score (nSPS) is 10.4. The van der Waals surface area contributed by atoms with Crippen LogP contribution in [0.1, 0.15) is 37.4 Å². The number of hydrogen-bond donors (Lipinski definition) is 3. The average molecular weight is 391 g/mol. The van der Waals surface area contributed by atoms with E-state index >= 15 is 0 Å². The SMILES string of the molecule is Cc1cc(C(=O)NCc2ccc(CN)cc2)ccc1NC(=O)c1ccc(F)cc1. The summed E-state index contributed by atoms with van der Waals surface area (Å²) in [6.07, 6.45) is 0. The van der Waals surface area contributed by atoms with Crippen LogP contribution >= 0.6 is 0 Å². The van der Waals surface area contributed by atoms with Crippen molar-refractivity contribution in [1.29, 1.82) is 0 Å². The van der Waals surface area contributed by atoms with E-state index in [1.165, 1.54) is 24.3 Å². The van der Waals surface area contributed by atoms with Crippen LogP contribution in [0, 0.1) is 12.7 Å². The quantitative estimate of drug-likeness (QED) is 0.598. The van der Waals surface area contributed by atoms with Gasteiger partial charge in [0.2, 0.25) is 0 Å². The van der Waals surface area contributed by atoms with Crippen LogP contribution in [0.2, 0.25) is 0 Å². The molecule has 2 amide bonds. The summed E-state index contributed by atoms with van der Waals surface area (Å²) < 4.78 is 13.0. The third-order valence-corrected chi connectivity index (χ3v) is 4.55. The number of nitrogens with two attached hydrogens (primary N) is 1. The Hall–Kier alpha value is -3.51. The van der Waals surface area contributed by atoms with Gasteiger partial charge in [0.1, 0.15) is 5.82 Å². The Kier molecular flexibility index (Phi) is 6.36. The van der Waals surface area contributed by atoms with Crippen molar-refractivity contribution in [1.82, 2.24) is 5.32 Å². The lowest BCUT2D eigenvalue weighted by Crippen LogP contribution is -2.23. The molecule has 0 heterocycles. The van der Waals surface area contributed by atoms with E-state index in [1.54, 1.807) is 18.2 Å². The molecule has 3 rings (SSSR count). The van der Waals surface area contributed by atoms with E-state index in [-0.39, 0.29) is 11.8 Å². The minimum atomic E-state index is -0.400. The third kappa shape index (κ3) is 5.27. The number of carbonyl (C=O) groups is 2. The molecule has 3 aromatic rings. The number of amides is 2. The summed E-state index contributed by atoms with van der Waals surface area (Å²) in [6, 6.07) is 18.1. The largest absolute Gasteiger partial charge is 0.348 e. The highest BCUT2D eigenvalue weighted by atomic mass is 19.1. The van der Waals surface area contributed by atoms with E-state index in [0.29, 0.717) is 29.9 Å². The summed E-state index contributed by atoms with van der Waals surface area (Å²) in [5, 5.41) is 5.66. The monoisotopic (exact) mass is 391 g/mol. The van der Waals surface area contributed by atoms with E-state index in [0.717, 1.165) is 16.7 Å². The Labute approximate surface area is 168 Å². The van der Waals surface area contributed by atoms with Gasteiger partial charge in [-0.3, -0.25) is 9.59 Å². The number of hydrogen-bond acceptors (Lipinski definition) is 3. The van der Waals surface area contributed by atoms with E-state index < -0.39 is 5.82 Å². The zero-order valence-electron chi connectivity index (χ0n) is 16.0. The first-order valence-corrected chi connectivity index (χ1v) is 9.20. The van der Waals surface area contributed by atoms with Gasteiger partial charge in [-0.1, -0.05) is 24.3 Å². The molecular weight excluding hydrogens is 369 g/mol. The topological polar surface area (TPSA) is 84.2 Å². The second-order valence-corrected chi connectivity index (χ2v) is 6.69. The highest BCUT2D eigenvalue weighted by molar-refractivity contribution is 6.05. The number of anilines is 1. The van der Waals surface area contributed by atoms with Gasteiger partial charge in [-0.25, -0.2) is 4.39 Å². The summed E-state index contributed by atoms with van der Waals surface area (Å²) >= 11 is 0. The predicted octanol–water partition coefficient (Wildman–Crippen LogP) is 3.78. The van der Waals surface area contributed by atoms with Gasteiger partial charge in [0.25, 0.3) is 11.8 Å². The van der Waals surface area contributed by atoms with Crippen LogP contribution in [0.4, 0.5) is 10.1 Å². The highest BCUT2D eigenvalue weighted by Crippen LogP contribution is 2.18. The van der Waals surface area contributed by atoms with Crippen LogP contribution in [-0.2, 0) is 13.1 Å². The van der Waals surface area contributed by atoms with Crippen LogP contribution in [0.3, 0.4) is 0 Å². The lowest BCUT2D eigenvalue weighted by atomic mass is 10.1. The molecule has 0 unspecified atom stereocenters. The Morgan fingerprint density at radius 3 is 2.10 bits per heavy atom. The van der Waals surface area contributed by atoms with Crippen LogP contribution in [0.15, 0.2) is 66.7 Å². The van der Waals surface area contributed by atoms with Gasteiger partial charge in [-0.05, 0) is 66.1 Å². The Morgan fingerprint density at radius 2 is 1.48 bits per heavy atom. The van der Waals surface area contributed by atoms with E-state index in [4.69, 9.17) is 5.73 Å².